The first kappa shape index (κ1) is 16.2. The van der Waals surface area contributed by atoms with E-state index in [1.165, 1.54) is 12.8 Å². The highest BCUT2D eigenvalue weighted by Crippen LogP contribution is 2.23. The molecule has 3 rings (SSSR count). The quantitative estimate of drug-likeness (QED) is 0.842. The predicted octanol–water partition coefficient (Wildman–Crippen LogP) is 2.89. The number of rotatable bonds is 2. The van der Waals surface area contributed by atoms with E-state index in [2.05, 4.69) is 28.7 Å². The number of hydrogen-bond donors (Lipinski definition) is 0. The molecule has 2 aliphatic heterocycles. The molecular formula is C18H28N4O. The summed E-state index contributed by atoms with van der Waals surface area (Å²) >= 11 is 0. The average Bonchev–Trinajstić information content (AvgIpc) is 2.54. The smallest absolute Gasteiger partial charge is 0.272 e. The third kappa shape index (κ3) is 3.82. The van der Waals surface area contributed by atoms with Crippen molar-refractivity contribution in [1.29, 1.82) is 0 Å². The van der Waals surface area contributed by atoms with Crippen molar-refractivity contribution in [2.75, 3.05) is 31.1 Å². The molecule has 2 saturated heterocycles. The summed E-state index contributed by atoms with van der Waals surface area (Å²) in [6.07, 6.45) is 4.65. The summed E-state index contributed by atoms with van der Waals surface area (Å²) in [6, 6.07) is 1.89. The molecule has 1 unspecified atom stereocenters. The highest BCUT2D eigenvalue weighted by atomic mass is 16.2. The van der Waals surface area contributed by atoms with E-state index in [9.17, 15) is 4.79 Å². The van der Waals surface area contributed by atoms with Crippen molar-refractivity contribution < 1.29 is 4.79 Å². The van der Waals surface area contributed by atoms with Crippen molar-refractivity contribution in [3.63, 3.8) is 0 Å². The van der Waals surface area contributed by atoms with Crippen molar-refractivity contribution in [1.82, 2.24) is 14.9 Å². The van der Waals surface area contributed by atoms with Gasteiger partial charge in [-0.2, -0.15) is 0 Å². The van der Waals surface area contributed by atoms with Gasteiger partial charge in [0.1, 0.15) is 17.3 Å². The highest BCUT2D eigenvalue weighted by molar-refractivity contribution is 5.93. The average molecular weight is 316 g/mol. The van der Waals surface area contributed by atoms with Gasteiger partial charge in [0.05, 0.1) is 0 Å². The lowest BCUT2D eigenvalue weighted by Gasteiger charge is -2.33. The summed E-state index contributed by atoms with van der Waals surface area (Å²) in [5.41, 5.74) is 0.556. The van der Waals surface area contributed by atoms with Gasteiger partial charge in [0, 0.05) is 32.2 Å². The molecule has 5 heteroatoms. The van der Waals surface area contributed by atoms with E-state index in [1.807, 2.05) is 17.9 Å². The number of aryl methyl sites for hydroxylation is 1. The van der Waals surface area contributed by atoms with Crippen LogP contribution in [0.15, 0.2) is 6.07 Å². The largest absolute Gasteiger partial charge is 0.356 e. The Bertz CT molecular complexity index is 566. The Hall–Kier alpha value is -1.65. The summed E-state index contributed by atoms with van der Waals surface area (Å²) in [7, 11) is 0. The van der Waals surface area contributed by atoms with Crippen molar-refractivity contribution in [2.45, 2.75) is 46.5 Å². The van der Waals surface area contributed by atoms with Gasteiger partial charge in [0.25, 0.3) is 5.91 Å². The molecule has 0 N–H and O–H groups in total. The van der Waals surface area contributed by atoms with Crippen LogP contribution in [0, 0.1) is 18.8 Å². The van der Waals surface area contributed by atoms with E-state index in [-0.39, 0.29) is 5.91 Å². The molecule has 5 nitrogen and oxygen atoms in total. The number of likely N-dealkylation sites (tertiary alicyclic amines) is 1. The van der Waals surface area contributed by atoms with Gasteiger partial charge < -0.3 is 9.80 Å². The Kier molecular flexibility index (Phi) is 4.83. The van der Waals surface area contributed by atoms with E-state index >= 15 is 0 Å². The fourth-order valence-corrected chi connectivity index (χ4v) is 3.59. The van der Waals surface area contributed by atoms with Gasteiger partial charge in [-0.3, -0.25) is 4.79 Å². The highest BCUT2D eigenvalue weighted by Gasteiger charge is 2.24. The van der Waals surface area contributed by atoms with E-state index in [4.69, 9.17) is 0 Å². The monoisotopic (exact) mass is 316 g/mol. The number of aromatic nitrogens is 2. The summed E-state index contributed by atoms with van der Waals surface area (Å²) in [6.45, 7) is 10.2. The first-order chi connectivity index (χ1) is 11.0. The zero-order chi connectivity index (χ0) is 16.4. The topological polar surface area (TPSA) is 49.3 Å². The zero-order valence-electron chi connectivity index (χ0n) is 14.6. The molecule has 0 bridgehead atoms. The van der Waals surface area contributed by atoms with Crippen molar-refractivity contribution in [3.8, 4) is 0 Å². The van der Waals surface area contributed by atoms with E-state index in [1.54, 1.807) is 0 Å². The third-order valence-electron chi connectivity index (χ3n) is 5.10. The Morgan fingerprint density at radius 1 is 1.09 bits per heavy atom. The molecule has 1 atom stereocenters. The van der Waals surface area contributed by atoms with E-state index in [0.29, 0.717) is 17.4 Å². The maximum Gasteiger partial charge on any atom is 0.272 e. The van der Waals surface area contributed by atoms with Gasteiger partial charge in [-0.15, -0.1) is 0 Å². The summed E-state index contributed by atoms with van der Waals surface area (Å²) < 4.78 is 0. The molecule has 126 valence electrons. The lowest BCUT2D eigenvalue weighted by molar-refractivity contribution is 0.0691. The molecule has 2 aliphatic rings. The molecule has 0 radical (unpaired) electrons. The molecule has 0 saturated carbocycles. The molecule has 23 heavy (non-hydrogen) atoms. The van der Waals surface area contributed by atoms with Gasteiger partial charge in [-0.05, 0) is 44.4 Å². The normalized spacial score (nSPS) is 23.2. The minimum absolute atomic E-state index is 0.0636. The first-order valence-electron chi connectivity index (χ1n) is 8.93. The summed E-state index contributed by atoms with van der Waals surface area (Å²) in [5, 5.41) is 0. The van der Waals surface area contributed by atoms with Crippen LogP contribution in [0.5, 0.6) is 0 Å². The molecule has 1 aromatic rings. The number of hydrogen-bond acceptors (Lipinski definition) is 4. The molecular weight excluding hydrogens is 288 g/mol. The fraction of sp³-hybridized carbons (Fsp3) is 0.722. The molecule has 2 fully saturated rings. The number of amides is 1. The molecule has 0 aliphatic carbocycles. The molecule has 1 amide bonds. The lowest BCUT2D eigenvalue weighted by atomic mass is 9.99. The third-order valence-corrected chi connectivity index (χ3v) is 5.10. The van der Waals surface area contributed by atoms with Crippen LogP contribution in [0.25, 0.3) is 0 Å². The SMILES string of the molecule is Cc1nc(C(=O)N2CCC(C)CC2)cc(N2CCCC(C)C2)n1. The minimum atomic E-state index is 0.0636. The summed E-state index contributed by atoms with van der Waals surface area (Å²) in [5.74, 6) is 3.07. The van der Waals surface area contributed by atoms with Crippen LogP contribution in [0.2, 0.25) is 0 Å². The Morgan fingerprint density at radius 3 is 2.52 bits per heavy atom. The number of anilines is 1. The van der Waals surface area contributed by atoms with Crippen LogP contribution in [0.4, 0.5) is 5.82 Å². The molecule has 0 spiro atoms. The molecule has 0 aromatic carbocycles. The zero-order valence-corrected chi connectivity index (χ0v) is 14.6. The van der Waals surface area contributed by atoms with Crippen molar-refractivity contribution in [2.24, 2.45) is 11.8 Å². The van der Waals surface area contributed by atoms with Crippen LogP contribution in [0.1, 0.15) is 55.8 Å². The Morgan fingerprint density at radius 2 is 1.83 bits per heavy atom. The van der Waals surface area contributed by atoms with Crippen LogP contribution in [-0.2, 0) is 0 Å². The second-order valence-corrected chi connectivity index (χ2v) is 7.33. The predicted molar refractivity (Wildman–Crippen MR) is 91.7 cm³/mol. The first-order valence-corrected chi connectivity index (χ1v) is 8.93. The Labute approximate surface area is 139 Å². The Balaban J connectivity index is 1.78. The summed E-state index contributed by atoms with van der Waals surface area (Å²) in [4.78, 5) is 26.0. The maximum atomic E-state index is 12.8. The second-order valence-electron chi connectivity index (χ2n) is 7.33. The number of carbonyl (C=O) groups is 1. The van der Waals surface area contributed by atoms with Gasteiger partial charge in [-0.1, -0.05) is 13.8 Å². The fourth-order valence-electron chi connectivity index (χ4n) is 3.59. The number of carbonyl (C=O) groups excluding carboxylic acids is 1. The van der Waals surface area contributed by atoms with Crippen molar-refractivity contribution in [3.05, 3.63) is 17.6 Å². The van der Waals surface area contributed by atoms with Gasteiger partial charge in [0.15, 0.2) is 0 Å². The van der Waals surface area contributed by atoms with Gasteiger partial charge >= 0.3 is 0 Å². The minimum Gasteiger partial charge on any atom is -0.356 e. The maximum absolute atomic E-state index is 12.8. The second kappa shape index (κ2) is 6.85. The van der Waals surface area contributed by atoms with E-state index in [0.717, 1.165) is 50.8 Å². The molecule has 3 heterocycles. The molecule has 1 aromatic heterocycles. The van der Waals surface area contributed by atoms with Gasteiger partial charge in [0.2, 0.25) is 0 Å². The van der Waals surface area contributed by atoms with Gasteiger partial charge in [-0.25, -0.2) is 9.97 Å². The number of piperidine rings is 2. The van der Waals surface area contributed by atoms with Crippen LogP contribution in [-0.4, -0.2) is 47.0 Å². The van der Waals surface area contributed by atoms with Crippen molar-refractivity contribution >= 4 is 11.7 Å². The lowest BCUT2D eigenvalue weighted by Crippen LogP contribution is -2.39. The van der Waals surface area contributed by atoms with E-state index < -0.39 is 0 Å². The van der Waals surface area contributed by atoms with Crippen LogP contribution >= 0.6 is 0 Å². The van der Waals surface area contributed by atoms with Crippen LogP contribution in [0.3, 0.4) is 0 Å². The van der Waals surface area contributed by atoms with Crippen LogP contribution < -0.4 is 4.90 Å². The number of nitrogens with zero attached hydrogens (tertiary/aromatic N) is 4. The standard InChI is InChI=1S/C18H28N4O/c1-13-6-9-21(10-7-13)18(23)16-11-17(20-15(3)19-16)22-8-4-5-14(2)12-22/h11,13-14H,4-10,12H2,1-3H3.